The Morgan fingerprint density at radius 1 is 1.50 bits per heavy atom. The average Bonchev–Trinajstić information content (AvgIpc) is 2.24. The Kier molecular flexibility index (Phi) is 3.88. The van der Waals surface area contributed by atoms with Crippen LogP contribution in [0.25, 0.3) is 0 Å². The molecule has 0 saturated carbocycles. The Labute approximate surface area is 92.8 Å². The molecule has 1 unspecified atom stereocenters. The number of carbonyl (C=O) groups is 2. The number of hydrogen-bond donors (Lipinski definition) is 2. The number of carboxylic acids is 1. The molecule has 1 aromatic carbocycles. The van der Waals surface area contributed by atoms with Crippen molar-refractivity contribution in [2.75, 3.05) is 12.3 Å². The molecule has 0 aliphatic rings. The Balaban J connectivity index is 2.66. The number of nitrogens with two attached hydrogens (primary N) is 1. The van der Waals surface area contributed by atoms with E-state index in [1.807, 2.05) is 0 Å². The third-order valence-corrected chi connectivity index (χ3v) is 2.10. The first-order valence-electron chi connectivity index (χ1n) is 4.74. The first-order chi connectivity index (χ1) is 7.50. The van der Waals surface area contributed by atoms with Crippen molar-refractivity contribution in [1.82, 2.24) is 0 Å². The first kappa shape index (κ1) is 12.0. The van der Waals surface area contributed by atoms with Crippen LogP contribution >= 0.6 is 0 Å². The quantitative estimate of drug-likeness (QED) is 0.587. The van der Waals surface area contributed by atoms with Crippen LogP contribution in [0.1, 0.15) is 18.4 Å². The van der Waals surface area contributed by atoms with Gasteiger partial charge < -0.3 is 15.6 Å². The van der Waals surface area contributed by atoms with E-state index in [9.17, 15) is 9.59 Å². The molecule has 1 atom stereocenters. The van der Waals surface area contributed by atoms with Crippen molar-refractivity contribution in [3.63, 3.8) is 0 Å². The zero-order chi connectivity index (χ0) is 12.1. The van der Waals surface area contributed by atoms with E-state index >= 15 is 0 Å². The highest BCUT2D eigenvalue weighted by Gasteiger charge is 2.17. The van der Waals surface area contributed by atoms with E-state index in [-0.39, 0.29) is 0 Å². The number of carboxylic acid groups (broad SMARTS) is 1. The van der Waals surface area contributed by atoms with Crippen molar-refractivity contribution in [1.29, 1.82) is 0 Å². The Morgan fingerprint density at radius 3 is 2.75 bits per heavy atom. The second-order valence-electron chi connectivity index (χ2n) is 3.39. The summed E-state index contributed by atoms with van der Waals surface area (Å²) in [7, 11) is 0. The summed E-state index contributed by atoms with van der Waals surface area (Å²) in [5.74, 6) is -2.27. The predicted octanol–water partition coefficient (Wildman–Crippen LogP) is 1.00. The van der Waals surface area contributed by atoms with Crippen LogP contribution in [0.15, 0.2) is 24.3 Å². The molecule has 1 rings (SSSR count). The van der Waals surface area contributed by atoms with Crippen molar-refractivity contribution in [2.45, 2.75) is 12.8 Å². The molecule has 0 amide bonds. The topological polar surface area (TPSA) is 89.6 Å². The van der Waals surface area contributed by atoms with Gasteiger partial charge in [-0.2, -0.15) is 0 Å². The van der Waals surface area contributed by atoms with E-state index in [4.69, 9.17) is 10.8 Å². The molecule has 3 N–H and O–H groups in total. The zero-order valence-electron chi connectivity index (χ0n) is 8.84. The SMILES string of the molecule is CC(C(=O)OCC(=O)O)c1cccc(N)c1. The van der Waals surface area contributed by atoms with E-state index in [1.165, 1.54) is 0 Å². The van der Waals surface area contributed by atoms with Gasteiger partial charge >= 0.3 is 11.9 Å². The molecule has 0 aliphatic heterocycles. The molecule has 16 heavy (non-hydrogen) atoms. The van der Waals surface area contributed by atoms with Gasteiger partial charge in [0.2, 0.25) is 0 Å². The highest BCUT2D eigenvalue weighted by Crippen LogP contribution is 2.18. The summed E-state index contributed by atoms with van der Waals surface area (Å²) in [5, 5.41) is 8.36. The maximum Gasteiger partial charge on any atom is 0.341 e. The average molecular weight is 223 g/mol. The third-order valence-electron chi connectivity index (χ3n) is 2.10. The number of nitrogen functional groups attached to an aromatic ring is 1. The van der Waals surface area contributed by atoms with Crippen molar-refractivity contribution >= 4 is 17.6 Å². The third kappa shape index (κ3) is 3.27. The molecule has 0 aliphatic carbocycles. The Bertz CT molecular complexity index is 403. The number of anilines is 1. The van der Waals surface area contributed by atoms with E-state index in [2.05, 4.69) is 4.74 Å². The standard InChI is InChI=1S/C11H13NO4/c1-7(11(15)16-6-10(13)14)8-3-2-4-9(12)5-8/h2-5,7H,6,12H2,1H3,(H,13,14). The maximum atomic E-state index is 11.4. The number of hydrogen-bond acceptors (Lipinski definition) is 4. The molecule has 0 fully saturated rings. The highest BCUT2D eigenvalue weighted by atomic mass is 16.5. The summed E-state index contributed by atoms with van der Waals surface area (Å²) in [5.41, 5.74) is 6.83. The number of esters is 1. The van der Waals surface area contributed by atoms with Crippen LogP contribution in [0, 0.1) is 0 Å². The lowest BCUT2D eigenvalue weighted by molar-refractivity contribution is -0.155. The number of aliphatic carboxylic acids is 1. The summed E-state index contributed by atoms with van der Waals surface area (Å²) >= 11 is 0. The van der Waals surface area contributed by atoms with Crippen molar-refractivity contribution < 1.29 is 19.4 Å². The lowest BCUT2D eigenvalue weighted by atomic mass is 10.0. The minimum Gasteiger partial charge on any atom is -0.479 e. The highest BCUT2D eigenvalue weighted by molar-refractivity contribution is 5.80. The van der Waals surface area contributed by atoms with E-state index < -0.39 is 24.5 Å². The summed E-state index contributed by atoms with van der Waals surface area (Å²) in [6.45, 7) is 1.02. The largest absolute Gasteiger partial charge is 0.479 e. The predicted molar refractivity (Wildman–Crippen MR) is 57.9 cm³/mol. The van der Waals surface area contributed by atoms with Crippen molar-refractivity contribution in [2.24, 2.45) is 0 Å². The fraction of sp³-hybridized carbons (Fsp3) is 0.273. The van der Waals surface area contributed by atoms with Gasteiger partial charge in [-0.3, -0.25) is 4.79 Å². The van der Waals surface area contributed by atoms with Gasteiger partial charge in [0.25, 0.3) is 0 Å². The molecule has 0 aromatic heterocycles. The molecule has 5 nitrogen and oxygen atoms in total. The Hall–Kier alpha value is -2.04. The minimum absolute atomic E-state index is 0.525. The van der Waals surface area contributed by atoms with Crippen LogP contribution in [-0.4, -0.2) is 23.7 Å². The van der Waals surface area contributed by atoms with Gasteiger partial charge in [-0.05, 0) is 24.6 Å². The fourth-order valence-corrected chi connectivity index (χ4v) is 1.22. The van der Waals surface area contributed by atoms with Gasteiger partial charge in [-0.25, -0.2) is 4.79 Å². The molecule has 0 bridgehead atoms. The van der Waals surface area contributed by atoms with Crippen molar-refractivity contribution in [3.8, 4) is 0 Å². The summed E-state index contributed by atoms with van der Waals surface area (Å²) in [4.78, 5) is 21.7. The van der Waals surface area contributed by atoms with Gasteiger partial charge in [0.1, 0.15) is 0 Å². The lowest BCUT2D eigenvalue weighted by Gasteiger charge is -2.10. The molecule has 0 heterocycles. The van der Waals surface area contributed by atoms with Gasteiger partial charge in [0, 0.05) is 5.69 Å². The summed E-state index contributed by atoms with van der Waals surface area (Å²) < 4.78 is 4.58. The molecular weight excluding hydrogens is 210 g/mol. The second-order valence-corrected chi connectivity index (χ2v) is 3.39. The molecule has 5 heteroatoms. The summed E-state index contributed by atoms with van der Waals surface area (Å²) in [6.07, 6.45) is 0. The molecule has 1 aromatic rings. The van der Waals surface area contributed by atoms with E-state index in [1.54, 1.807) is 31.2 Å². The molecule has 0 spiro atoms. The van der Waals surface area contributed by atoms with Crippen LogP contribution in [0.3, 0.4) is 0 Å². The minimum atomic E-state index is -1.17. The summed E-state index contributed by atoms with van der Waals surface area (Å²) in [6, 6.07) is 6.83. The molecular formula is C11H13NO4. The zero-order valence-corrected chi connectivity index (χ0v) is 8.84. The van der Waals surface area contributed by atoms with Gasteiger partial charge in [-0.15, -0.1) is 0 Å². The maximum absolute atomic E-state index is 11.4. The van der Waals surface area contributed by atoms with Crippen LogP contribution in [-0.2, 0) is 14.3 Å². The monoisotopic (exact) mass is 223 g/mol. The first-order valence-corrected chi connectivity index (χ1v) is 4.74. The van der Waals surface area contributed by atoms with Gasteiger partial charge in [-0.1, -0.05) is 12.1 Å². The second kappa shape index (κ2) is 5.16. The van der Waals surface area contributed by atoms with Crippen LogP contribution in [0.2, 0.25) is 0 Å². The number of ether oxygens (including phenoxy) is 1. The van der Waals surface area contributed by atoms with E-state index in [0.29, 0.717) is 11.3 Å². The number of rotatable bonds is 4. The Morgan fingerprint density at radius 2 is 2.19 bits per heavy atom. The van der Waals surface area contributed by atoms with Crippen molar-refractivity contribution in [3.05, 3.63) is 29.8 Å². The lowest BCUT2D eigenvalue weighted by Crippen LogP contribution is -2.18. The van der Waals surface area contributed by atoms with Crippen LogP contribution in [0.4, 0.5) is 5.69 Å². The smallest absolute Gasteiger partial charge is 0.341 e. The molecule has 86 valence electrons. The van der Waals surface area contributed by atoms with Crippen LogP contribution in [0.5, 0.6) is 0 Å². The fourth-order valence-electron chi connectivity index (χ4n) is 1.22. The van der Waals surface area contributed by atoms with Gasteiger partial charge in [0.15, 0.2) is 6.61 Å². The van der Waals surface area contributed by atoms with E-state index in [0.717, 1.165) is 0 Å². The number of carbonyl (C=O) groups excluding carboxylic acids is 1. The normalized spacial score (nSPS) is 11.8. The van der Waals surface area contributed by atoms with Crippen LogP contribution < -0.4 is 5.73 Å². The molecule has 0 radical (unpaired) electrons. The number of benzene rings is 1. The van der Waals surface area contributed by atoms with Gasteiger partial charge in [0.05, 0.1) is 5.92 Å². The molecule has 0 saturated heterocycles.